The maximum Gasteiger partial charge on any atom is 0.257 e. The highest BCUT2D eigenvalue weighted by Gasteiger charge is 2.17. The zero-order valence-electron chi connectivity index (χ0n) is 15.5. The van der Waals surface area contributed by atoms with Crippen LogP contribution in [0, 0.1) is 5.82 Å². The Bertz CT molecular complexity index is 1070. The molecule has 0 saturated heterocycles. The first-order valence-corrected chi connectivity index (χ1v) is 10.9. The van der Waals surface area contributed by atoms with Crippen LogP contribution in [0.5, 0.6) is 11.5 Å². The molecule has 0 fully saturated rings. The Labute approximate surface area is 179 Å². The largest absolute Gasteiger partial charge is 0.454 e. The van der Waals surface area contributed by atoms with Gasteiger partial charge in [-0.2, -0.15) is 0 Å². The number of aromatic nitrogens is 1. The van der Waals surface area contributed by atoms with Gasteiger partial charge in [-0.3, -0.25) is 14.9 Å². The minimum absolute atomic E-state index is 0.149. The van der Waals surface area contributed by atoms with Crippen LogP contribution in [-0.4, -0.2) is 29.3 Å². The van der Waals surface area contributed by atoms with Crippen molar-refractivity contribution in [1.82, 2.24) is 4.98 Å². The van der Waals surface area contributed by atoms with E-state index in [0.29, 0.717) is 33.6 Å². The number of amides is 2. The number of carbonyl (C=O) groups excluding carboxylic acids is 2. The summed E-state index contributed by atoms with van der Waals surface area (Å²) in [5, 5.41) is 7.77. The van der Waals surface area contributed by atoms with Crippen molar-refractivity contribution >= 4 is 45.7 Å². The lowest BCUT2D eigenvalue weighted by atomic mass is 10.2. The van der Waals surface area contributed by atoms with Gasteiger partial charge in [0.05, 0.1) is 11.4 Å². The van der Waals surface area contributed by atoms with Gasteiger partial charge in [0.15, 0.2) is 16.6 Å². The fourth-order valence-electron chi connectivity index (χ4n) is 2.62. The van der Waals surface area contributed by atoms with E-state index in [2.05, 4.69) is 15.6 Å². The van der Waals surface area contributed by atoms with Crippen LogP contribution in [0.4, 0.5) is 15.2 Å². The summed E-state index contributed by atoms with van der Waals surface area (Å²) in [6.07, 6.45) is 0. The molecule has 10 heteroatoms. The molecule has 2 N–H and O–H groups in total. The van der Waals surface area contributed by atoms with Crippen LogP contribution >= 0.6 is 23.1 Å². The average Bonchev–Trinajstić information content (AvgIpc) is 3.38. The van der Waals surface area contributed by atoms with E-state index in [-0.39, 0.29) is 30.2 Å². The van der Waals surface area contributed by atoms with Crippen molar-refractivity contribution in [1.29, 1.82) is 0 Å². The number of thiazole rings is 1. The number of carbonyl (C=O) groups is 2. The first-order chi connectivity index (χ1) is 14.6. The predicted molar refractivity (Wildman–Crippen MR) is 114 cm³/mol. The van der Waals surface area contributed by atoms with Gasteiger partial charge in [-0.05, 0) is 42.5 Å². The minimum Gasteiger partial charge on any atom is -0.454 e. The number of nitrogens with one attached hydrogen (secondary N) is 2. The molecule has 2 heterocycles. The van der Waals surface area contributed by atoms with Gasteiger partial charge in [-0.1, -0.05) is 0 Å². The third kappa shape index (κ3) is 5.08. The highest BCUT2D eigenvalue weighted by molar-refractivity contribution is 7.99. The number of nitrogens with zero attached hydrogens (tertiary/aromatic N) is 1. The Hall–Kier alpha value is -3.11. The average molecular weight is 445 g/mol. The smallest absolute Gasteiger partial charge is 0.257 e. The van der Waals surface area contributed by atoms with Crippen LogP contribution in [0.25, 0.3) is 0 Å². The normalized spacial score (nSPS) is 11.9. The van der Waals surface area contributed by atoms with Crippen molar-refractivity contribution in [3.8, 4) is 11.5 Å². The van der Waals surface area contributed by atoms with E-state index >= 15 is 0 Å². The second-order valence-corrected chi connectivity index (χ2v) is 8.06. The number of hydrogen-bond acceptors (Lipinski definition) is 7. The molecular weight excluding hydrogens is 429 g/mol. The minimum atomic E-state index is -0.354. The van der Waals surface area contributed by atoms with Gasteiger partial charge in [-0.15, -0.1) is 23.1 Å². The summed E-state index contributed by atoms with van der Waals surface area (Å²) in [5.41, 5.74) is 1.76. The fraction of sp³-hybridized carbons (Fsp3) is 0.150. The monoisotopic (exact) mass is 445 g/mol. The lowest BCUT2D eigenvalue weighted by Gasteiger charge is -2.04. The molecule has 0 saturated carbocycles. The second kappa shape index (κ2) is 9.14. The first-order valence-electron chi connectivity index (χ1n) is 8.85. The molecule has 0 bridgehead atoms. The summed E-state index contributed by atoms with van der Waals surface area (Å²) in [5.74, 6) is 1.08. The molecule has 154 valence electrons. The SMILES string of the molecule is O=C(CSCc1csc(NC(=O)c2ccc3c(c2)OCO3)n1)Nc1ccc(F)cc1. The summed E-state index contributed by atoms with van der Waals surface area (Å²) in [6, 6.07) is 10.6. The Morgan fingerprint density at radius 2 is 1.90 bits per heavy atom. The Kier molecular flexibility index (Phi) is 6.15. The molecule has 0 unspecified atom stereocenters. The maximum atomic E-state index is 12.9. The van der Waals surface area contributed by atoms with Crippen LogP contribution in [0.3, 0.4) is 0 Å². The summed E-state index contributed by atoms with van der Waals surface area (Å²) >= 11 is 2.71. The van der Waals surface area contributed by atoms with E-state index in [1.807, 2.05) is 5.38 Å². The molecule has 3 aromatic rings. The van der Waals surface area contributed by atoms with Gasteiger partial charge < -0.3 is 14.8 Å². The fourth-order valence-corrected chi connectivity index (χ4v) is 4.14. The van der Waals surface area contributed by atoms with Crippen LogP contribution in [0.2, 0.25) is 0 Å². The number of rotatable bonds is 7. The summed E-state index contributed by atoms with van der Waals surface area (Å²) in [7, 11) is 0. The molecule has 2 aromatic carbocycles. The first kappa shape index (κ1) is 20.2. The molecule has 7 nitrogen and oxygen atoms in total. The summed E-state index contributed by atoms with van der Waals surface area (Å²) in [6.45, 7) is 0.149. The van der Waals surface area contributed by atoms with Gasteiger partial charge in [0.25, 0.3) is 5.91 Å². The maximum absolute atomic E-state index is 12.9. The molecule has 1 aromatic heterocycles. The quantitative estimate of drug-likeness (QED) is 0.568. The molecule has 0 spiro atoms. The third-order valence-corrected chi connectivity index (χ3v) is 5.79. The van der Waals surface area contributed by atoms with Crippen molar-refractivity contribution in [3.63, 3.8) is 0 Å². The molecule has 0 atom stereocenters. The van der Waals surface area contributed by atoms with Crippen molar-refractivity contribution < 1.29 is 23.5 Å². The van der Waals surface area contributed by atoms with E-state index in [1.165, 1.54) is 47.4 Å². The molecule has 30 heavy (non-hydrogen) atoms. The lowest BCUT2D eigenvalue weighted by Crippen LogP contribution is -2.14. The number of benzene rings is 2. The number of thioether (sulfide) groups is 1. The Balaban J connectivity index is 1.24. The molecule has 1 aliphatic heterocycles. The van der Waals surface area contributed by atoms with Crippen molar-refractivity contribution in [2.45, 2.75) is 5.75 Å². The Morgan fingerprint density at radius 1 is 1.10 bits per heavy atom. The summed E-state index contributed by atoms with van der Waals surface area (Å²) < 4.78 is 23.4. The van der Waals surface area contributed by atoms with Crippen molar-refractivity contribution in [3.05, 3.63) is 64.9 Å². The van der Waals surface area contributed by atoms with Gasteiger partial charge in [0.1, 0.15) is 5.82 Å². The molecular formula is C20H16FN3O4S2. The van der Waals surface area contributed by atoms with Gasteiger partial charge >= 0.3 is 0 Å². The molecule has 0 radical (unpaired) electrons. The molecule has 1 aliphatic rings. The zero-order valence-corrected chi connectivity index (χ0v) is 17.1. The van der Waals surface area contributed by atoms with Crippen LogP contribution < -0.4 is 20.1 Å². The zero-order chi connectivity index (χ0) is 20.9. The van der Waals surface area contributed by atoms with Gasteiger partial charge in [0, 0.05) is 22.4 Å². The lowest BCUT2D eigenvalue weighted by molar-refractivity contribution is -0.113. The molecule has 0 aliphatic carbocycles. The van der Waals surface area contributed by atoms with Crippen molar-refractivity contribution in [2.75, 3.05) is 23.2 Å². The van der Waals surface area contributed by atoms with Crippen LogP contribution in [-0.2, 0) is 10.5 Å². The van der Waals surface area contributed by atoms with E-state index in [4.69, 9.17) is 9.47 Å². The Morgan fingerprint density at radius 3 is 2.73 bits per heavy atom. The van der Waals surface area contributed by atoms with E-state index in [9.17, 15) is 14.0 Å². The standard InChI is InChI=1S/C20H16FN3O4S2/c21-13-2-4-14(5-3-13)22-18(25)10-29-8-15-9-30-20(23-15)24-19(26)12-1-6-16-17(7-12)28-11-27-16/h1-7,9H,8,10-11H2,(H,22,25)(H,23,24,26). The van der Waals surface area contributed by atoms with Gasteiger partial charge in [0.2, 0.25) is 12.7 Å². The van der Waals surface area contributed by atoms with Gasteiger partial charge in [-0.25, -0.2) is 9.37 Å². The van der Waals surface area contributed by atoms with Crippen LogP contribution in [0.1, 0.15) is 16.1 Å². The third-order valence-electron chi connectivity index (χ3n) is 4.02. The van der Waals surface area contributed by atoms with E-state index in [0.717, 1.165) is 5.69 Å². The summed E-state index contributed by atoms with van der Waals surface area (Å²) in [4.78, 5) is 28.7. The number of anilines is 2. The van der Waals surface area contributed by atoms with Crippen LogP contribution in [0.15, 0.2) is 47.8 Å². The highest BCUT2D eigenvalue weighted by atomic mass is 32.2. The molecule has 2 amide bonds. The van der Waals surface area contributed by atoms with E-state index < -0.39 is 0 Å². The number of fused-ring (bicyclic) bond motifs is 1. The number of halogens is 1. The van der Waals surface area contributed by atoms with E-state index in [1.54, 1.807) is 18.2 Å². The van der Waals surface area contributed by atoms with Crippen molar-refractivity contribution in [2.24, 2.45) is 0 Å². The highest BCUT2D eigenvalue weighted by Crippen LogP contribution is 2.32. The number of hydrogen-bond donors (Lipinski definition) is 2. The number of ether oxygens (including phenoxy) is 2. The second-order valence-electron chi connectivity index (χ2n) is 6.21. The topological polar surface area (TPSA) is 89.6 Å². The predicted octanol–water partition coefficient (Wildman–Crippen LogP) is 4.14. The molecule has 4 rings (SSSR count).